The molecule has 2 amide bonds. The van der Waals surface area contributed by atoms with Crippen LogP contribution in [0.25, 0.3) is 0 Å². The van der Waals surface area contributed by atoms with Gasteiger partial charge in [-0.15, -0.1) is 0 Å². The van der Waals surface area contributed by atoms with Crippen molar-refractivity contribution in [3.05, 3.63) is 35.6 Å². The largest absolute Gasteiger partial charge is 0.330 e. The highest BCUT2D eigenvalue weighted by Gasteiger charge is 2.33. The van der Waals surface area contributed by atoms with Gasteiger partial charge in [-0.25, -0.2) is 4.39 Å². The number of carbonyl (C=O) groups excluding carboxylic acids is 2. The first-order chi connectivity index (χ1) is 8.61. The summed E-state index contributed by atoms with van der Waals surface area (Å²) in [6, 6.07) is 5.38. The summed E-state index contributed by atoms with van der Waals surface area (Å²) in [5.74, 6) is -2.40. The van der Waals surface area contributed by atoms with Crippen molar-refractivity contribution >= 4 is 17.6 Å². The summed E-state index contributed by atoms with van der Waals surface area (Å²) in [6.07, 6.45) is 0.327. The van der Waals surface area contributed by atoms with Gasteiger partial charge in [-0.2, -0.15) is 4.99 Å². The number of hydrogen-bond acceptors (Lipinski definition) is 3. The van der Waals surface area contributed by atoms with E-state index in [-0.39, 0.29) is 12.4 Å². The van der Waals surface area contributed by atoms with Crippen molar-refractivity contribution < 1.29 is 14.0 Å². The van der Waals surface area contributed by atoms with Gasteiger partial charge in [0.05, 0.1) is 0 Å². The molecule has 6 heteroatoms. The molecule has 0 radical (unpaired) electrons. The van der Waals surface area contributed by atoms with E-state index in [0.29, 0.717) is 12.0 Å². The van der Waals surface area contributed by atoms with Gasteiger partial charge in [0.15, 0.2) is 0 Å². The Morgan fingerprint density at radius 3 is 2.78 bits per heavy atom. The highest BCUT2D eigenvalue weighted by atomic mass is 19.1. The topological polar surface area (TPSA) is 84.5 Å². The summed E-state index contributed by atoms with van der Waals surface area (Å²) in [7, 11) is 0. The quantitative estimate of drug-likeness (QED) is 0.756. The van der Waals surface area contributed by atoms with Crippen LogP contribution in [0.2, 0.25) is 0 Å². The molecule has 0 saturated carbocycles. The molecule has 0 aliphatic carbocycles. The summed E-state index contributed by atoms with van der Waals surface area (Å²) >= 11 is 0. The molecule has 0 bridgehead atoms. The molecule has 1 atom stereocenters. The lowest BCUT2D eigenvalue weighted by Crippen LogP contribution is -2.43. The Morgan fingerprint density at radius 1 is 1.39 bits per heavy atom. The fraction of sp³-hybridized carbons (Fsp3) is 0.250. The maximum Gasteiger partial charge on any atom is 0.264 e. The van der Waals surface area contributed by atoms with Crippen molar-refractivity contribution in [2.75, 3.05) is 6.54 Å². The fourth-order valence-corrected chi connectivity index (χ4v) is 1.79. The second-order valence-electron chi connectivity index (χ2n) is 3.91. The summed E-state index contributed by atoms with van der Waals surface area (Å²) in [6.45, 7) is 0.289. The third-order valence-corrected chi connectivity index (χ3v) is 2.58. The smallest absolute Gasteiger partial charge is 0.264 e. The third kappa shape index (κ3) is 2.43. The molecule has 0 spiro atoms. The van der Waals surface area contributed by atoms with Gasteiger partial charge in [0.2, 0.25) is 5.91 Å². The maximum absolute atomic E-state index is 13.1. The van der Waals surface area contributed by atoms with Gasteiger partial charge in [0, 0.05) is 6.42 Å². The fourth-order valence-electron chi connectivity index (χ4n) is 1.79. The summed E-state index contributed by atoms with van der Waals surface area (Å²) in [4.78, 5) is 27.4. The minimum absolute atomic E-state index is 0.264. The minimum Gasteiger partial charge on any atom is -0.330 e. The van der Waals surface area contributed by atoms with Gasteiger partial charge >= 0.3 is 0 Å². The van der Waals surface area contributed by atoms with Crippen LogP contribution in [0.5, 0.6) is 0 Å². The number of amidine groups is 1. The molecule has 0 saturated heterocycles. The van der Waals surface area contributed by atoms with E-state index in [1.165, 1.54) is 18.2 Å². The molecule has 5 nitrogen and oxygen atoms in total. The van der Waals surface area contributed by atoms with E-state index in [2.05, 4.69) is 10.3 Å². The van der Waals surface area contributed by atoms with Crippen LogP contribution in [0.4, 0.5) is 4.39 Å². The van der Waals surface area contributed by atoms with Crippen molar-refractivity contribution in [1.82, 2.24) is 5.32 Å². The second kappa shape index (κ2) is 5.05. The zero-order chi connectivity index (χ0) is 13.1. The number of nitrogens with zero attached hydrogens (tertiary/aromatic N) is 1. The Morgan fingerprint density at radius 2 is 2.17 bits per heavy atom. The zero-order valence-electron chi connectivity index (χ0n) is 9.52. The third-order valence-electron chi connectivity index (χ3n) is 2.58. The van der Waals surface area contributed by atoms with Crippen LogP contribution in [-0.2, 0) is 9.59 Å². The first-order valence-corrected chi connectivity index (χ1v) is 5.49. The number of carbonyl (C=O) groups is 2. The standard InChI is InChI=1S/C12H12FN3O2/c13-8-3-1-2-7(6-8)10-11(17)15-9(4-5-14)16-12(10)18/h1-3,6,10H,4-5,14H2,(H,15,16,17,18). The summed E-state index contributed by atoms with van der Waals surface area (Å²) in [5.41, 5.74) is 5.62. The van der Waals surface area contributed by atoms with Crippen LogP contribution in [0, 0.1) is 5.82 Å². The molecule has 18 heavy (non-hydrogen) atoms. The molecular weight excluding hydrogens is 237 g/mol. The number of rotatable bonds is 3. The predicted molar refractivity (Wildman–Crippen MR) is 63.4 cm³/mol. The number of hydrogen-bond donors (Lipinski definition) is 2. The van der Waals surface area contributed by atoms with Crippen LogP contribution in [-0.4, -0.2) is 24.2 Å². The maximum atomic E-state index is 13.1. The van der Waals surface area contributed by atoms with Gasteiger partial charge in [0.1, 0.15) is 17.6 Å². The van der Waals surface area contributed by atoms with Crippen LogP contribution in [0.3, 0.4) is 0 Å². The Balaban J connectivity index is 2.30. The van der Waals surface area contributed by atoms with Crippen molar-refractivity contribution in [1.29, 1.82) is 0 Å². The van der Waals surface area contributed by atoms with E-state index in [0.717, 1.165) is 6.07 Å². The number of benzene rings is 1. The van der Waals surface area contributed by atoms with E-state index in [1.54, 1.807) is 0 Å². The molecule has 94 valence electrons. The van der Waals surface area contributed by atoms with Crippen molar-refractivity contribution in [2.45, 2.75) is 12.3 Å². The lowest BCUT2D eigenvalue weighted by atomic mass is 9.96. The molecule has 1 heterocycles. The average molecular weight is 249 g/mol. The van der Waals surface area contributed by atoms with Crippen LogP contribution in [0.1, 0.15) is 17.9 Å². The van der Waals surface area contributed by atoms with E-state index >= 15 is 0 Å². The summed E-state index contributed by atoms with van der Waals surface area (Å²) in [5, 5.41) is 2.50. The summed E-state index contributed by atoms with van der Waals surface area (Å²) < 4.78 is 13.1. The number of nitrogens with one attached hydrogen (secondary N) is 1. The van der Waals surface area contributed by atoms with Crippen LogP contribution < -0.4 is 11.1 Å². The molecule has 1 aromatic rings. The van der Waals surface area contributed by atoms with Crippen LogP contribution >= 0.6 is 0 Å². The van der Waals surface area contributed by atoms with E-state index in [9.17, 15) is 14.0 Å². The first-order valence-electron chi connectivity index (χ1n) is 5.49. The van der Waals surface area contributed by atoms with E-state index < -0.39 is 23.5 Å². The first kappa shape index (κ1) is 12.4. The van der Waals surface area contributed by atoms with Crippen molar-refractivity contribution in [3.8, 4) is 0 Å². The Labute approximate surface area is 103 Å². The Bertz CT molecular complexity index is 528. The highest BCUT2D eigenvalue weighted by molar-refractivity contribution is 6.19. The lowest BCUT2D eigenvalue weighted by Gasteiger charge is -2.20. The van der Waals surface area contributed by atoms with Gasteiger partial charge in [-0.05, 0) is 24.2 Å². The normalized spacial score (nSPS) is 19.4. The molecule has 1 aliphatic heterocycles. The second-order valence-corrected chi connectivity index (χ2v) is 3.91. The van der Waals surface area contributed by atoms with Gasteiger partial charge in [0.25, 0.3) is 5.91 Å². The monoisotopic (exact) mass is 249 g/mol. The minimum atomic E-state index is -1.08. The molecule has 1 aliphatic rings. The zero-order valence-corrected chi connectivity index (χ0v) is 9.52. The predicted octanol–water partition coefficient (Wildman–Crippen LogP) is 0.313. The molecule has 2 rings (SSSR count). The average Bonchev–Trinajstić information content (AvgIpc) is 2.28. The lowest BCUT2D eigenvalue weighted by molar-refractivity contribution is -0.129. The molecule has 0 fully saturated rings. The molecule has 3 N–H and O–H groups in total. The van der Waals surface area contributed by atoms with Gasteiger partial charge in [-0.3, -0.25) is 9.59 Å². The van der Waals surface area contributed by atoms with Crippen molar-refractivity contribution in [3.63, 3.8) is 0 Å². The number of amides is 2. The van der Waals surface area contributed by atoms with Gasteiger partial charge in [-0.1, -0.05) is 12.1 Å². The molecule has 1 aromatic carbocycles. The number of aliphatic imine (C=N–C) groups is 1. The molecular formula is C12H12FN3O2. The van der Waals surface area contributed by atoms with E-state index in [4.69, 9.17) is 5.73 Å². The Kier molecular flexibility index (Phi) is 3.47. The van der Waals surface area contributed by atoms with Gasteiger partial charge < -0.3 is 11.1 Å². The number of halogens is 1. The van der Waals surface area contributed by atoms with Crippen LogP contribution in [0.15, 0.2) is 29.3 Å². The van der Waals surface area contributed by atoms with Crippen molar-refractivity contribution in [2.24, 2.45) is 10.7 Å². The highest BCUT2D eigenvalue weighted by Crippen LogP contribution is 2.21. The number of nitrogens with two attached hydrogens (primary N) is 1. The molecule has 0 aromatic heterocycles. The van der Waals surface area contributed by atoms with E-state index in [1.807, 2.05) is 0 Å². The molecule has 1 unspecified atom stereocenters. The SMILES string of the molecule is NCCC1=NC(=O)C(c2cccc(F)c2)C(=O)N1. The Hall–Kier alpha value is -2.08.